The number of hydrogen-bond donors (Lipinski definition) is 1. The molecule has 0 aliphatic rings. The van der Waals surface area contributed by atoms with Gasteiger partial charge < -0.3 is 9.84 Å². The lowest BCUT2D eigenvalue weighted by Crippen LogP contribution is -2.18. The molecular weight excluding hydrogens is 604 g/mol. The van der Waals surface area contributed by atoms with Crippen molar-refractivity contribution in [3.63, 3.8) is 0 Å². The zero-order chi connectivity index (χ0) is 35.7. The predicted molar refractivity (Wildman–Crippen MR) is 214 cm³/mol. The number of carboxylic acid groups (broad SMARTS) is 1. The van der Waals surface area contributed by atoms with E-state index >= 15 is 0 Å². The summed E-state index contributed by atoms with van der Waals surface area (Å²) in [5.74, 6) is -0.685. The molecule has 0 rings (SSSR count). The number of carbonyl (C=O) groups excluding carboxylic acids is 1. The fourth-order valence-corrected chi connectivity index (χ4v) is 7.25. The van der Waals surface area contributed by atoms with Crippen LogP contribution in [0.5, 0.6) is 0 Å². The molecule has 0 saturated heterocycles. The second-order valence-electron chi connectivity index (χ2n) is 15.6. The SMILES string of the molecule is CCCCCCCCCCCCCCCCCCCCCCCC(=O)OC(CCCCCCCCCCCC)CCCCCCCC(=O)O. The Bertz CT molecular complexity index is 662. The van der Waals surface area contributed by atoms with E-state index in [1.807, 2.05) is 0 Å². The number of rotatable bonds is 42. The topological polar surface area (TPSA) is 63.6 Å². The van der Waals surface area contributed by atoms with Crippen LogP contribution in [0.15, 0.2) is 0 Å². The first-order valence-corrected chi connectivity index (χ1v) is 22.5. The Morgan fingerprint density at radius 3 is 0.898 bits per heavy atom. The van der Waals surface area contributed by atoms with Crippen LogP contribution in [0.3, 0.4) is 0 Å². The Balaban J connectivity index is 3.82. The zero-order valence-corrected chi connectivity index (χ0v) is 33.5. The molecule has 1 N–H and O–H groups in total. The summed E-state index contributed by atoms with van der Waals surface area (Å²) in [7, 11) is 0. The summed E-state index contributed by atoms with van der Waals surface area (Å²) >= 11 is 0. The highest BCUT2D eigenvalue weighted by Crippen LogP contribution is 2.19. The molecule has 0 spiro atoms. The molecule has 1 atom stereocenters. The first kappa shape index (κ1) is 47.9. The number of ether oxygens (including phenoxy) is 1. The van der Waals surface area contributed by atoms with Gasteiger partial charge in [0.25, 0.3) is 0 Å². The molecule has 0 aromatic carbocycles. The third-order valence-corrected chi connectivity index (χ3v) is 10.6. The average Bonchev–Trinajstić information content (AvgIpc) is 3.09. The van der Waals surface area contributed by atoms with Gasteiger partial charge in [0, 0.05) is 12.8 Å². The van der Waals surface area contributed by atoms with Crippen LogP contribution in [0.25, 0.3) is 0 Å². The van der Waals surface area contributed by atoms with Crippen LogP contribution in [-0.2, 0) is 14.3 Å². The Hall–Kier alpha value is -1.06. The fraction of sp³-hybridized carbons (Fsp3) is 0.956. The standard InChI is InChI=1S/C45H88O4/c1-3-5-7-9-11-13-15-16-17-18-19-20-21-22-23-24-25-27-29-34-38-42-45(48)49-43(40-36-32-30-33-37-41-44(46)47)39-35-31-28-26-14-12-10-8-6-4-2/h43H,3-42H2,1-2H3,(H,46,47). The van der Waals surface area contributed by atoms with E-state index in [-0.39, 0.29) is 18.5 Å². The fourth-order valence-electron chi connectivity index (χ4n) is 7.25. The van der Waals surface area contributed by atoms with Crippen LogP contribution in [0, 0.1) is 0 Å². The molecule has 0 aromatic rings. The minimum Gasteiger partial charge on any atom is -0.481 e. The van der Waals surface area contributed by atoms with Gasteiger partial charge in [0.2, 0.25) is 0 Å². The third-order valence-electron chi connectivity index (χ3n) is 10.6. The summed E-state index contributed by atoms with van der Waals surface area (Å²) in [4.78, 5) is 23.4. The molecule has 49 heavy (non-hydrogen) atoms. The van der Waals surface area contributed by atoms with Crippen LogP contribution in [-0.4, -0.2) is 23.1 Å². The molecule has 292 valence electrons. The number of carbonyl (C=O) groups is 2. The number of hydrogen-bond acceptors (Lipinski definition) is 3. The highest BCUT2D eigenvalue weighted by Gasteiger charge is 2.14. The van der Waals surface area contributed by atoms with E-state index < -0.39 is 5.97 Å². The van der Waals surface area contributed by atoms with E-state index in [4.69, 9.17) is 9.84 Å². The maximum absolute atomic E-state index is 12.7. The second-order valence-corrected chi connectivity index (χ2v) is 15.6. The zero-order valence-electron chi connectivity index (χ0n) is 33.5. The highest BCUT2D eigenvalue weighted by molar-refractivity contribution is 5.69. The van der Waals surface area contributed by atoms with Crippen molar-refractivity contribution in [2.45, 2.75) is 277 Å². The average molecular weight is 693 g/mol. The number of esters is 1. The Morgan fingerprint density at radius 2 is 0.612 bits per heavy atom. The van der Waals surface area contributed by atoms with Gasteiger partial charge in [0.15, 0.2) is 0 Å². The van der Waals surface area contributed by atoms with Gasteiger partial charge in [-0.1, -0.05) is 219 Å². The van der Waals surface area contributed by atoms with Crippen LogP contribution in [0.4, 0.5) is 0 Å². The van der Waals surface area contributed by atoms with E-state index in [2.05, 4.69) is 13.8 Å². The van der Waals surface area contributed by atoms with Crippen molar-refractivity contribution >= 4 is 11.9 Å². The maximum Gasteiger partial charge on any atom is 0.306 e. The molecule has 0 amide bonds. The molecule has 0 aliphatic heterocycles. The largest absolute Gasteiger partial charge is 0.481 e. The summed E-state index contributed by atoms with van der Waals surface area (Å²) in [6.07, 6.45) is 50.0. The number of aliphatic carboxylic acids is 1. The Kier molecular flexibility index (Phi) is 40.5. The molecule has 0 fully saturated rings. The van der Waals surface area contributed by atoms with E-state index in [1.54, 1.807) is 0 Å². The number of unbranched alkanes of at least 4 members (excludes halogenated alkanes) is 33. The lowest BCUT2D eigenvalue weighted by atomic mass is 10.0. The van der Waals surface area contributed by atoms with E-state index in [0.717, 1.165) is 64.2 Å². The summed E-state index contributed by atoms with van der Waals surface area (Å²) in [5, 5.41) is 8.83. The summed E-state index contributed by atoms with van der Waals surface area (Å²) in [5.41, 5.74) is 0. The van der Waals surface area contributed by atoms with Crippen LogP contribution >= 0.6 is 0 Å². The third kappa shape index (κ3) is 41.2. The van der Waals surface area contributed by atoms with Gasteiger partial charge in [-0.3, -0.25) is 9.59 Å². The van der Waals surface area contributed by atoms with Gasteiger partial charge in [-0.15, -0.1) is 0 Å². The maximum atomic E-state index is 12.7. The Labute approximate surface area is 307 Å². The minimum absolute atomic E-state index is 0.0105. The van der Waals surface area contributed by atoms with Gasteiger partial charge in [-0.2, -0.15) is 0 Å². The molecule has 0 radical (unpaired) electrons. The van der Waals surface area contributed by atoms with Gasteiger partial charge in [0.1, 0.15) is 6.10 Å². The first-order valence-electron chi connectivity index (χ1n) is 22.5. The summed E-state index contributed by atoms with van der Waals surface area (Å²) in [6, 6.07) is 0. The van der Waals surface area contributed by atoms with Crippen LogP contribution in [0.2, 0.25) is 0 Å². The van der Waals surface area contributed by atoms with Crippen molar-refractivity contribution in [3.05, 3.63) is 0 Å². The molecule has 1 unspecified atom stereocenters. The normalized spacial score (nSPS) is 12.0. The van der Waals surface area contributed by atoms with Crippen molar-refractivity contribution in [1.82, 2.24) is 0 Å². The van der Waals surface area contributed by atoms with Gasteiger partial charge in [-0.25, -0.2) is 0 Å². The lowest BCUT2D eigenvalue weighted by Gasteiger charge is -2.18. The molecule has 4 heteroatoms. The number of carboxylic acids is 1. The first-order chi connectivity index (χ1) is 24.1. The van der Waals surface area contributed by atoms with E-state index in [9.17, 15) is 9.59 Å². The van der Waals surface area contributed by atoms with Crippen LogP contribution < -0.4 is 0 Å². The molecule has 0 aromatic heterocycles. The van der Waals surface area contributed by atoms with E-state index in [1.165, 1.54) is 180 Å². The molecule has 4 nitrogen and oxygen atoms in total. The van der Waals surface area contributed by atoms with E-state index in [0.29, 0.717) is 6.42 Å². The molecular formula is C45H88O4. The van der Waals surface area contributed by atoms with Crippen molar-refractivity contribution in [3.8, 4) is 0 Å². The molecule has 0 bridgehead atoms. The molecule has 0 aliphatic carbocycles. The smallest absolute Gasteiger partial charge is 0.306 e. The lowest BCUT2D eigenvalue weighted by molar-refractivity contribution is -0.150. The Morgan fingerprint density at radius 1 is 0.367 bits per heavy atom. The summed E-state index contributed by atoms with van der Waals surface area (Å²) in [6.45, 7) is 4.57. The van der Waals surface area contributed by atoms with Gasteiger partial charge >= 0.3 is 11.9 Å². The van der Waals surface area contributed by atoms with Crippen molar-refractivity contribution in [2.75, 3.05) is 0 Å². The van der Waals surface area contributed by atoms with Gasteiger partial charge in [-0.05, 0) is 38.5 Å². The minimum atomic E-state index is -0.695. The summed E-state index contributed by atoms with van der Waals surface area (Å²) < 4.78 is 6.02. The van der Waals surface area contributed by atoms with Crippen molar-refractivity contribution in [1.29, 1.82) is 0 Å². The molecule has 0 heterocycles. The predicted octanol–water partition coefficient (Wildman–Crippen LogP) is 15.6. The second kappa shape index (κ2) is 41.4. The van der Waals surface area contributed by atoms with Gasteiger partial charge in [0.05, 0.1) is 0 Å². The quantitative estimate of drug-likeness (QED) is 0.0511. The van der Waals surface area contributed by atoms with Crippen molar-refractivity contribution in [2.24, 2.45) is 0 Å². The van der Waals surface area contributed by atoms with Crippen molar-refractivity contribution < 1.29 is 19.4 Å². The van der Waals surface area contributed by atoms with Crippen LogP contribution in [0.1, 0.15) is 271 Å². The monoisotopic (exact) mass is 693 g/mol. The highest BCUT2D eigenvalue weighted by atomic mass is 16.5. The molecule has 0 saturated carbocycles.